The van der Waals surface area contributed by atoms with Crippen molar-refractivity contribution < 1.29 is 32.7 Å². The number of carboxylic acid groups (broad SMARTS) is 1. The predicted octanol–water partition coefficient (Wildman–Crippen LogP) is 1.56. The molecule has 0 bridgehead atoms. The van der Waals surface area contributed by atoms with Crippen LogP contribution in [-0.4, -0.2) is 51.5 Å². The second kappa shape index (κ2) is 6.52. The molecule has 1 fully saturated rings. The maximum atomic E-state index is 12.1. The van der Waals surface area contributed by atoms with E-state index in [1.807, 2.05) is 0 Å². The number of anilines is 1. The summed E-state index contributed by atoms with van der Waals surface area (Å²) in [5, 5.41) is 14.8. The van der Waals surface area contributed by atoms with E-state index in [2.05, 4.69) is 10.1 Å². The van der Waals surface area contributed by atoms with E-state index in [9.17, 15) is 22.8 Å². The van der Waals surface area contributed by atoms with Crippen LogP contribution in [0.2, 0.25) is 0 Å². The van der Waals surface area contributed by atoms with Gasteiger partial charge in [-0.2, -0.15) is 24.9 Å². The molecule has 1 saturated heterocycles. The van der Waals surface area contributed by atoms with Crippen molar-refractivity contribution in [2.24, 2.45) is 5.16 Å². The van der Waals surface area contributed by atoms with E-state index >= 15 is 0 Å². The first kappa shape index (κ1) is 16.5. The van der Waals surface area contributed by atoms with Crippen LogP contribution in [0.15, 0.2) is 10.5 Å². The Morgan fingerprint density at radius 3 is 2.64 bits per heavy atom. The van der Waals surface area contributed by atoms with Crippen LogP contribution < -0.4 is 5.32 Å². The Morgan fingerprint density at radius 1 is 1.45 bits per heavy atom. The summed E-state index contributed by atoms with van der Waals surface area (Å²) in [6, 6.07) is 0. The number of alkyl halides is 3. The van der Waals surface area contributed by atoms with Gasteiger partial charge < -0.3 is 9.94 Å². The zero-order valence-corrected chi connectivity index (χ0v) is 12.2. The van der Waals surface area contributed by atoms with Gasteiger partial charge in [-0.1, -0.05) is 5.16 Å². The molecule has 0 saturated carbocycles. The summed E-state index contributed by atoms with van der Waals surface area (Å²) in [4.78, 5) is 30.4. The Labute approximate surface area is 129 Å². The number of thiazole rings is 1. The van der Waals surface area contributed by atoms with E-state index in [0.717, 1.165) is 5.38 Å². The Morgan fingerprint density at radius 2 is 2.14 bits per heavy atom. The minimum atomic E-state index is -5.06. The highest BCUT2D eigenvalue weighted by Crippen LogP contribution is 2.23. The van der Waals surface area contributed by atoms with Crippen molar-refractivity contribution in [2.75, 3.05) is 16.8 Å². The van der Waals surface area contributed by atoms with Crippen LogP contribution in [0.3, 0.4) is 0 Å². The normalized spacial score (nSPS) is 16.0. The monoisotopic (exact) mass is 355 g/mol. The standard InChI is InChI=1S/C10H8F3N3O4S2/c11-10(12,13)8(19)15-9-14-5(3-22-9)6(7(17)18)16-20-4-1-21-2-4/h3-4H,1-2H2,(H,17,18)(H,14,15,19). The molecule has 0 spiro atoms. The fourth-order valence-corrected chi connectivity index (χ4v) is 2.45. The van der Waals surface area contributed by atoms with Crippen molar-refractivity contribution in [1.82, 2.24) is 4.98 Å². The van der Waals surface area contributed by atoms with Gasteiger partial charge in [0.05, 0.1) is 0 Å². The molecule has 0 unspecified atom stereocenters. The number of thioether (sulfide) groups is 1. The average molecular weight is 355 g/mol. The molecule has 2 rings (SSSR count). The van der Waals surface area contributed by atoms with Crippen LogP contribution in [0.5, 0.6) is 0 Å². The Balaban J connectivity index is 2.09. The van der Waals surface area contributed by atoms with Gasteiger partial charge in [0.25, 0.3) is 0 Å². The number of aromatic nitrogens is 1. The van der Waals surface area contributed by atoms with Gasteiger partial charge in [0, 0.05) is 16.9 Å². The van der Waals surface area contributed by atoms with Crippen LogP contribution in [0.25, 0.3) is 0 Å². The molecule has 22 heavy (non-hydrogen) atoms. The first-order valence-electron chi connectivity index (χ1n) is 5.66. The summed E-state index contributed by atoms with van der Waals surface area (Å²) in [6.07, 6.45) is -5.25. The van der Waals surface area contributed by atoms with Crippen LogP contribution >= 0.6 is 23.1 Å². The number of amides is 1. The molecule has 0 atom stereocenters. The van der Waals surface area contributed by atoms with Crippen molar-refractivity contribution in [3.05, 3.63) is 11.1 Å². The first-order valence-corrected chi connectivity index (χ1v) is 7.69. The molecule has 0 aliphatic carbocycles. The number of oxime groups is 1. The average Bonchev–Trinajstić information content (AvgIpc) is 2.78. The molecule has 2 heterocycles. The van der Waals surface area contributed by atoms with E-state index in [4.69, 9.17) is 9.94 Å². The summed E-state index contributed by atoms with van der Waals surface area (Å²) in [7, 11) is 0. The van der Waals surface area contributed by atoms with Crippen LogP contribution in [0, 0.1) is 0 Å². The number of aliphatic carboxylic acids is 1. The lowest BCUT2D eigenvalue weighted by molar-refractivity contribution is -0.167. The minimum absolute atomic E-state index is 0.192. The lowest BCUT2D eigenvalue weighted by atomic mass is 10.3. The summed E-state index contributed by atoms with van der Waals surface area (Å²) in [5.74, 6) is -2.27. The highest BCUT2D eigenvalue weighted by atomic mass is 32.2. The molecule has 7 nitrogen and oxygen atoms in total. The minimum Gasteiger partial charge on any atom is -0.476 e. The lowest BCUT2D eigenvalue weighted by Gasteiger charge is -2.22. The zero-order valence-electron chi connectivity index (χ0n) is 10.6. The highest BCUT2D eigenvalue weighted by molar-refractivity contribution is 8.00. The third kappa shape index (κ3) is 4.10. The van der Waals surface area contributed by atoms with Crippen molar-refractivity contribution >= 4 is 45.8 Å². The molecular formula is C10H8F3N3O4S2. The number of nitrogens with one attached hydrogen (secondary N) is 1. The van der Waals surface area contributed by atoms with Gasteiger partial charge in [0.1, 0.15) is 11.8 Å². The number of halogens is 3. The van der Waals surface area contributed by atoms with Gasteiger partial charge in [-0.3, -0.25) is 10.1 Å². The largest absolute Gasteiger partial charge is 0.476 e. The van der Waals surface area contributed by atoms with E-state index < -0.39 is 23.8 Å². The summed E-state index contributed by atoms with van der Waals surface area (Å²) >= 11 is 2.25. The molecule has 1 aliphatic rings. The van der Waals surface area contributed by atoms with Crippen molar-refractivity contribution in [1.29, 1.82) is 0 Å². The van der Waals surface area contributed by atoms with Crippen molar-refractivity contribution in [3.63, 3.8) is 0 Å². The SMILES string of the molecule is O=C(O)C(=NOC1CSC1)c1csc(NC(=O)C(F)(F)F)n1. The number of carbonyl (C=O) groups excluding carboxylic acids is 1. The topological polar surface area (TPSA) is 101 Å². The zero-order chi connectivity index (χ0) is 16.3. The quantitative estimate of drug-likeness (QED) is 0.614. The summed E-state index contributed by atoms with van der Waals surface area (Å²) < 4.78 is 36.3. The third-order valence-electron chi connectivity index (χ3n) is 2.33. The van der Waals surface area contributed by atoms with Gasteiger partial charge in [-0.25, -0.2) is 9.78 Å². The van der Waals surface area contributed by atoms with Gasteiger partial charge >= 0.3 is 18.1 Å². The smallest absolute Gasteiger partial charge is 0.471 e. The number of hydrogen-bond acceptors (Lipinski definition) is 7. The van der Waals surface area contributed by atoms with Crippen LogP contribution in [0.1, 0.15) is 5.69 Å². The van der Waals surface area contributed by atoms with Gasteiger partial charge in [0.2, 0.25) is 5.71 Å². The van der Waals surface area contributed by atoms with Crippen molar-refractivity contribution in [2.45, 2.75) is 12.3 Å². The summed E-state index contributed by atoms with van der Waals surface area (Å²) in [5.41, 5.74) is -0.734. The molecule has 1 amide bonds. The Bertz CT molecular complexity index is 613. The highest BCUT2D eigenvalue weighted by Gasteiger charge is 2.39. The molecule has 0 radical (unpaired) electrons. The molecular weight excluding hydrogens is 347 g/mol. The van der Waals surface area contributed by atoms with Gasteiger partial charge in [-0.05, 0) is 0 Å². The fraction of sp³-hybridized carbons (Fsp3) is 0.400. The van der Waals surface area contributed by atoms with Gasteiger partial charge in [-0.15, -0.1) is 11.3 Å². The first-order chi connectivity index (χ1) is 10.3. The van der Waals surface area contributed by atoms with Crippen molar-refractivity contribution in [3.8, 4) is 0 Å². The number of carbonyl (C=O) groups is 2. The molecule has 1 aliphatic heterocycles. The fourth-order valence-electron chi connectivity index (χ4n) is 1.21. The second-order valence-corrected chi connectivity index (χ2v) is 5.93. The molecule has 0 aromatic carbocycles. The Hall–Kier alpha value is -1.82. The maximum Gasteiger partial charge on any atom is 0.471 e. The van der Waals surface area contributed by atoms with E-state index in [0.29, 0.717) is 22.8 Å². The third-order valence-corrected chi connectivity index (χ3v) is 4.30. The van der Waals surface area contributed by atoms with Gasteiger partial charge in [0.15, 0.2) is 5.13 Å². The maximum absolute atomic E-state index is 12.1. The molecule has 2 N–H and O–H groups in total. The predicted molar refractivity (Wildman–Crippen MR) is 73.2 cm³/mol. The second-order valence-electron chi connectivity index (χ2n) is 4.00. The number of nitrogens with zero attached hydrogens (tertiary/aromatic N) is 2. The van der Waals surface area contributed by atoms with Crippen LogP contribution in [-0.2, 0) is 14.4 Å². The van der Waals surface area contributed by atoms with Crippen LogP contribution in [0.4, 0.5) is 18.3 Å². The number of rotatable bonds is 5. The molecule has 1 aromatic heterocycles. The molecule has 1 aromatic rings. The van der Waals surface area contributed by atoms with E-state index in [1.165, 1.54) is 5.32 Å². The summed E-state index contributed by atoms with van der Waals surface area (Å²) in [6.45, 7) is 0. The Kier molecular flexibility index (Phi) is 4.90. The molecule has 120 valence electrons. The lowest BCUT2D eigenvalue weighted by Crippen LogP contribution is -2.30. The number of carboxylic acids is 1. The molecule has 12 heteroatoms. The number of hydrogen-bond donors (Lipinski definition) is 2. The van der Waals surface area contributed by atoms with E-state index in [-0.39, 0.29) is 16.9 Å². The van der Waals surface area contributed by atoms with E-state index in [1.54, 1.807) is 11.8 Å².